The Bertz CT molecular complexity index is 673. The fraction of sp³-hybridized carbons (Fsp3) is 0.769. The van der Waals surface area contributed by atoms with Gasteiger partial charge in [0.1, 0.15) is 0 Å². The monoisotopic (exact) mass is 472 g/mol. The van der Waals surface area contributed by atoms with Gasteiger partial charge in [0.05, 0.1) is 4.90 Å². The van der Waals surface area contributed by atoms with Gasteiger partial charge in [-0.1, -0.05) is 128 Å². The standard InChI is InChI=1S/C26H45ClO3S/c1-2-3-4-5-6-7-8-9-10-11-12-13-14-15-16-17-18-19-20-24-23-25(27)21-22-26(24)31(28,29)30/h21-23H,2-20H2,1H3,(H,28,29,30). The van der Waals surface area contributed by atoms with Crippen LogP contribution in [0.4, 0.5) is 0 Å². The summed E-state index contributed by atoms with van der Waals surface area (Å²) in [5.74, 6) is 0. The topological polar surface area (TPSA) is 54.4 Å². The van der Waals surface area contributed by atoms with Crippen LogP contribution in [0.1, 0.15) is 128 Å². The normalized spacial score (nSPS) is 11.8. The number of hydrogen-bond donors (Lipinski definition) is 1. The summed E-state index contributed by atoms with van der Waals surface area (Å²) >= 11 is 5.98. The molecule has 0 aliphatic heterocycles. The van der Waals surface area contributed by atoms with Crippen LogP contribution < -0.4 is 0 Å². The molecule has 0 atom stereocenters. The molecule has 0 saturated heterocycles. The molecule has 0 amide bonds. The molecular weight excluding hydrogens is 428 g/mol. The van der Waals surface area contributed by atoms with E-state index in [0.717, 1.165) is 12.8 Å². The van der Waals surface area contributed by atoms with Crippen molar-refractivity contribution >= 4 is 21.7 Å². The molecule has 0 aliphatic rings. The van der Waals surface area contributed by atoms with Crippen LogP contribution in [0, 0.1) is 0 Å². The Labute approximate surface area is 197 Å². The molecular formula is C26H45ClO3S. The van der Waals surface area contributed by atoms with Crippen molar-refractivity contribution in [3.63, 3.8) is 0 Å². The second kappa shape index (κ2) is 17.9. The van der Waals surface area contributed by atoms with Gasteiger partial charge >= 0.3 is 0 Å². The molecule has 0 heterocycles. The van der Waals surface area contributed by atoms with E-state index >= 15 is 0 Å². The SMILES string of the molecule is CCCCCCCCCCCCCCCCCCCCc1cc(Cl)ccc1S(=O)(=O)O. The van der Waals surface area contributed by atoms with Crippen molar-refractivity contribution in [3.8, 4) is 0 Å². The molecule has 31 heavy (non-hydrogen) atoms. The molecule has 1 N–H and O–H groups in total. The molecule has 0 aromatic heterocycles. The van der Waals surface area contributed by atoms with Gasteiger partial charge in [0.15, 0.2) is 0 Å². The first-order valence-corrected chi connectivity index (χ1v) is 14.5. The minimum atomic E-state index is -4.18. The van der Waals surface area contributed by atoms with Gasteiger partial charge < -0.3 is 0 Å². The molecule has 0 spiro atoms. The lowest BCUT2D eigenvalue weighted by Gasteiger charge is -2.08. The maximum Gasteiger partial charge on any atom is 0.294 e. The van der Waals surface area contributed by atoms with Crippen LogP contribution in [0.15, 0.2) is 23.1 Å². The highest BCUT2D eigenvalue weighted by Crippen LogP contribution is 2.23. The highest BCUT2D eigenvalue weighted by Gasteiger charge is 2.15. The summed E-state index contributed by atoms with van der Waals surface area (Å²) in [7, 11) is -4.18. The van der Waals surface area contributed by atoms with Crippen molar-refractivity contribution in [2.75, 3.05) is 0 Å². The predicted molar refractivity (Wildman–Crippen MR) is 134 cm³/mol. The summed E-state index contributed by atoms with van der Waals surface area (Å²) in [6, 6.07) is 4.55. The molecule has 1 rings (SSSR count). The highest BCUT2D eigenvalue weighted by atomic mass is 35.5. The summed E-state index contributed by atoms with van der Waals surface area (Å²) in [4.78, 5) is -0.0103. The number of aryl methyl sites for hydroxylation is 1. The summed E-state index contributed by atoms with van der Waals surface area (Å²) < 4.78 is 32.3. The molecule has 0 bridgehead atoms. The highest BCUT2D eigenvalue weighted by molar-refractivity contribution is 7.85. The third kappa shape index (κ3) is 15.0. The molecule has 0 aliphatic carbocycles. The van der Waals surface area contributed by atoms with Crippen molar-refractivity contribution < 1.29 is 13.0 Å². The van der Waals surface area contributed by atoms with Crippen LogP contribution in [-0.2, 0) is 16.5 Å². The molecule has 3 nitrogen and oxygen atoms in total. The van der Waals surface area contributed by atoms with Crippen LogP contribution in [0.25, 0.3) is 0 Å². The van der Waals surface area contributed by atoms with Crippen molar-refractivity contribution in [3.05, 3.63) is 28.8 Å². The van der Waals surface area contributed by atoms with Crippen LogP contribution in [0.5, 0.6) is 0 Å². The Morgan fingerprint density at radius 3 is 1.45 bits per heavy atom. The minimum Gasteiger partial charge on any atom is -0.282 e. The van der Waals surface area contributed by atoms with E-state index in [4.69, 9.17) is 11.6 Å². The van der Waals surface area contributed by atoms with E-state index in [1.54, 1.807) is 6.07 Å². The molecule has 0 fully saturated rings. The Balaban J connectivity index is 1.92. The fourth-order valence-corrected chi connectivity index (χ4v) is 5.14. The molecule has 0 saturated carbocycles. The quantitative estimate of drug-likeness (QED) is 0.152. The molecule has 180 valence electrons. The lowest BCUT2D eigenvalue weighted by atomic mass is 10.0. The van der Waals surface area contributed by atoms with Gasteiger partial charge in [0.25, 0.3) is 10.1 Å². The van der Waals surface area contributed by atoms with E-state index in [1.165, 1.54) is 115 Å². The Morgan fingerprint density at radius 1 is 0.677 bits per heavy atom. The summed E-state index contributed by atoms with van der Waals surface area (Å²) in [5, 5.41) is 0.504. The molecule has 1 aromatic carbocycles. The van der Waals surface area contributed by atoms with Gasteiger partial charge in [-0.05, 0) is 36.6 Å². The van der Waals surface area contributed by atoms with Crippen molar-refractivity contribution in [2.24, 2.45) is 0 Å². The van der Waals surface area contributed by atoms with E-state index in [-0.39, 0.29) is 4.90 Å². The number of hydrogen-bond acceptors (Lipinski definition) is 2. The third-order valence-corrected chi connectivity index (χ3v) is 7.29. The van der Waals surface area contributed by atoms with Crippen LogP contribution >= 0.6 is 11.6 Å². The van der Waals surface area contributed by atoms with Crippen LogP contribution in [0.3, 0.4) is 0 Å². The van der Waals surface area contributed by atoms with E-state index in [9.17, 15) is 13.0 Å². The fourth-order valence-electron chi connectivity index (χ4n) is 4.21. The smallest absolute Gasteiger partial charge is 0.282 e. The average Bonchev–Trinajstić information content (AvgIpc) is 2.72. The maximum absolute atomic E-state index is 11.5. The third-order valence-electron chi connectivity index (χ3n) is 6.10. The van der Waals surface area contributed by atoms with E-state index < -0.39 is 10.1 Å². The molecule has 0 unspecified atom stereocenters. The maximum atomic E-state index is 11.5. The van der Waals surface area contributed by atoms with Gasteiger partial charge in [0, 0.05) is 5.02 Å². The van der Waals surface area contributed by atoms with Crippen molar-refractivity contribution in [2.45, 2.75) is 134 Å². The molecule has 5 heteroatoms. The zero-order valence-corrected chi connectivity index (χ0v) is 21.3. The Morgan fingerprint density at radius 2 is 1.06 bits per heavy atom. The first-order chi connectivity index (χ1) is 14.9. The summed E-state index contributed by atoms with van der Waals surface area (Å²) in [6.07, 6.45) is 24.5. The van der Waals surface area contributed by atoms with Crippen molar-refractivity contribution in [1.29, 1.82) is 0 Å². The first-order valence-electron chi connectivity index (χ1n) is 12.7. The summed E-state index contributed by atoms with van der Waals surface area (Å²) in [6.45, 7) is 2.27. The molecule has 0 radical (unpaired) electrons. The van der Waals surface area contributed by atoms with Crippen LogP contribution in [0.2, 0.25) is 5.02 Å². The van der Waals surface area contributed by atoms with Gasteiger partial charge in [-0.25, -0.2) is 0 Å². The van der Waals surface area contributed by atoms with Gasteiger partial charge in [-0.3, -0.25) is 4.55 Å². The summed E-state index contributed by atoms with van der Waals surface area (Å²) in [5.41, 5.74) is 0.617. The second-order valence-electron chi connectivity index (χ2n) is 8.99. The van der Waals surface area contributed by atoms with E-state index in [2.05, 4.69) is 6.92 Å². The second-order valence-corrected chi connectivity index (χ2v) is 10.8. The lowest BCUT2D eigenvalue weighted by molar-refractivity contribution is 0.481. The lowest BCUT2D eigenvalue weighted by Crippen LogP contribution is -2.03. The predicted octanol–water partition coefficient (Wildman–Crippen LogP) is 9.17. The molecule has 1 aromatic rings. The Kier molecular flexibility index (Phi) is 16.4. The zero-order chi connectivity index (χ0) is 22.8. The van der Waals surface area contributed by atoms with Gasteiger partial charge in [0.2, 0.25) is 0 Å². The minimum absolute atomic E-state index is 0.0103. The number of unbranched alkanes of at least 4 members (excludes halogenated alkanes) is 17. The Hall–Kier alpha value is -0.580. The van der Waals surface area contributed by atoms with Gasteiger partial charge in [-0.2, -0.15) is 8.42 Å². The number of benzene rings is 1. The number of halogens is 1. The largest absolute Gasteiger partial charge is 0.294 e. The zero-order valence-electron chi connectivity index (χ0n) is 19.7. The first kappa shape index (κ1) is 28.5. The van der Waals surface area contributed by atoms with Gasteiger partial charge in [-0.15, -0.1) is 0 Å². The van der Waals surface area contributed by atoms with E-state index in [0.29, 0.717) is 17.0 Å². The average molecular weight is 473 g/mol. The van der Waals surface area contributed by atoms with Crippen LogP contribution in [-0.4, -0.2) is 13.0 Å². The van der Waals surface area contributed by atoms with Crippen molar-refractivity contribution in [1.82, 2.24) is 0 Å². The number of rotatable bonds is 20. The van der Waals surface area contributed by atoms with E-state index in [1.807, 2.05) is 0 Å².